The smallest absolute Gasteiger partial charge is 0.0754 e. The van der Waals surface area contributed by atoms with Crippen LogP contribution in [-0.2, 0) is 0 Å². The second kappa shape index (κ2) is 58.5. The summed E-state index contributed by atoms with van der Waals surface area (Å²) >= 11 is 0. The van der Waals surface area contributed by atoms with Crippen molar-refractivity contribution in [2.45, 2.75) is 375 Å². The maximum Gasteiger partial charge on any atom is 0.0754 e. The summed E-state index contributed by atoms with van der Waals surface area (Å²) in [7, 11) is 0. The van der Waals surface area contributed by atoms with E-state index in [0.29, 0.717) is 6.17 Å². The Labute approximate surface area is 457 Å². The van der Waals surface area contributed by atoms with Crippen LogP contribution in [0.3, 0.4) is 0 Å². The second-order valence-corrected chi connectivity index (χ2v) is 24.3. The summed E-state index contributed by atoms with van der Waals surface area (Å²) in [5, 5.41) is 0. The molecule has 0 aliphatic carbocycles. The first-order chi connectivity index (χ1) is 35.7. The molecule has 0 N–H and O–H groups in total. The monoisotopic (exact) mass is 1010 g/mol. The Hall–Kier alpha value is -0.160. The van der Waals surface area contributed by atoms with Crippen molar-refractivity contribution in [2.75, 3.05) is 65.4 Å². The van der Waals surface area contributed by atoms with Crippen molar-refractivity contribution < 1.29 is 0 Å². The maximum absolute atomic E-state index is 3.06. The van der Waals surface area contributed by atoms with Crippen LogP contribution in [-0.4, -0.2) is 91.2 Å². The van der Waals surface area contributed by atoms with E-state index in [1.807, 2.05) is 0 Å². The van der Waals surface area contributed by atoms with Crippen LogP contribution in [0.1, 0.15) is 369 Å². The number of hydrogen-bond acceptors (Lipinski definition) is 4. The Morgan fingerprint density at radius 3 is 0.792 bits per heavy atom. The number of piperazine rings is 1. The minimum Gasteiger partial charge on any atom is -0.302 e. The molecule has 1 aliphatic heterocycles. The lowest BCUT2D eigenvalue weighted by atomic mass is 10.0. The van der Waals surface area contributed by atoms with Gasteiger partial charge < -0.3 is 4.90 Å². The van der Waals surface area contributed by atoms with E-state index < -0.39 is 0 Å². The number of unbranched alkanes of at least 4 members (excludes halogenated alkanes) is 47. The van der Waals surface area contributed by atoms with Crippen molar-refractivity contribution in [3.8, 4) is 0 Å². The number of hydrogen-bond donors (Lipinski definition) is 0. The van der Waals surface area contributed by atoms with E-state index in [0.717, 1.165) is 0 Å². The standard InChI is InChI=1S/C68H140N4/c1-6-11-16-21-26-31-36-39-44-49-54-59-69(58-53-48-43-38-33-28-23-18-13-8-3)63-64-70-65-66-72(62-57-52-47-41-35-30-25-20-15-10-5)68(67-70)71(60-55-50-45-40-34-29-24-19-14-9-4)61-56-51-46-42-37-32-27-22-17-12-7-2/h68H,6-67H2,1-5H3/t68-/m1/s1. The summed E-state index contributed by atoms with van der Waals surface area (Å²) in [5.74, 6) is 0. The number of nitrogens with zero attached hydrogens (tertiary/aromatic N) is 4. The number of rotatable bonds is 61. The van der Waals surface area contributed by atoms with E-state index in [1.165, 1.54) is 399 Å². The predicted molar refractivity (Wildman–Crippen MR) is 328 cm³/mol. The molecule has 0 unspecified atom stereocenters. The molecule has 1 heterocycles. The summed E-state index contributed by atoms with van der Waals surface area (Å²) in [6, 6.07) is 0. The highest BCUT2D eigenvalue weighted by molar-refractivity contribution is 4.84. The van der Waals surface area contributed by atoms with Gasteiger partial charge in [0.25, 0.3) is 0 Å². The molecule has 1 rings (SSSR count). The molecule has 432 valence electrons. The highest BCUT2D eigenvalue weighted by Gasteiger charge is 2.31. The molecule has 4 heteroatoms. The molecule has 0 radical (unpaired) electrons. The van der Waals surface area contributed by atoms with Gasteiger partial charge in [0.05, 0.1) is 6.17 Å². The fourth-order valence-corrected chi connectivity index (χ4v) is 12.1. The van der Waals surface area contributed by atoms with Crippen molar-refractivity contribution >= 4 is 0 Å². The summed E-state index contributed by atoms with van der Waals surface area (Å²) in [5.41, 5.74) is 0. The molecule has 0 aromatic carbocycles. The quantitative estimate of drug-likeness (QED) is 0.0563. The fraction of sp³-hybridized carbons (Fsp3) is 1.00. The van der Waals surface area contributed by atoms with Gasteiger partial charge in [0.1, 0.15) is 0 Å². The van der Waals surface area contributed by atoms with Gasteiger partial charge in [0.15, 0.2) is 0 Å². The second-order valence-electron chi connectivity index (χ2n) is 24.3. The maximum atomic E-state index is 3.06. The largest absolute Gasteiger partial charge is 0.302 e. The topological polar surface area (TPSA) is 13.0 Å². The Morgan fingerprint density at radius 1 is 0.250 bits per heavy atom. The van der Waals surface area contributed by atoms with Gasteiger partial charge in [-0.3, -0.25) is 14.7 Å². The van der Waals surface area contributed by atoms with Crippen molar-refractivity contribution in [2.24, 2.45) is 0 Å². The molecule has 1 aliphatic rings. The van der Waals surface area contributed by atoms with Crippen LogP contribution in [0.15, 0.2) is 0 Å². The summed E-state index contributed by atoms with van der Waals surface area (Å²) < 4.78 is 0. The van der Waals surface area contributed by atoms with E-state index in [-0.39, 0.29) is 0 Å². The lowest BCUT2D eigenvalue weighted by Crippen LogP contribution is -2.61. The molecule has 0 amide bonds. The molecule has 1 fully saturated rings. The van der Waals surface area contributed by atoms with Gasteiger partial charge >= 0.3 is 0 Å². The van der Waals surface area contributed by atoms with E-state index in [9.17, 15) is 0 Å². The predicted octanol–water partition coefficient (Wildman–Crippen LogP) is 21.9. The molecule has 0 saturated carbocycles. The average Bonchev–Trinajstić information content (AvgIpc) is 3.39. The molecule has 0 aromatic heterocycles. The third kappa shape index (κ3) is 47.1. The highest BCUT2D eigenvalue weighted by atomic mass is 15.4. The Kier molecular flexibility index (Phi) is 56.8. The molecule has 1 saturated heterocycles. The zero-order chi connectivity index (χ0) is 51.7. The third-order valence-corrected chi connectivity index (χ3v) is 17.3. The minimum atomic E-state index is 0.612. The van der Waals surface area contributed by atoms with Crippen LogP contribution >= 0.6 is 0 Å². The van der Waals surface area contributed by atoms with Gasteiger partial charge in [-0.05, 0) is 64.8 Å². The molecule has 72 heavy (non-hydrogen) atoms. The molecule has 1 atom stereocenters. The Bertz CT molecular complexity index is 987. The molecule has 0 aromatic rings. The minimum absolute atomic E-state index is 0.612. The first-order valence-corrected chi connectivity index (χ1v) is 34.6. The Morgan fingerprint density at radius 2 is 0.500 bits per heavy atom. The van der Waals surface area contributed by atoms with Crippen molar-refractivity contribution in [3.63, 3.8) is 0 Å². The summed E-state index contributed by atoms with van der Waals surface area (Å²) in [6.45, 7) is 24.8. The van der Waals surface area contributed by atoms with Gasteiger partial charge in [-0.2, -0.15) is 0 Å². The SMILES string of the molecule is CCCCCCCCCCCCCN(CCCCCCCCCCCC)CCN1CCN(CCCCCCCCCCCC)[C@@H](N(CCCCCCCCCCCC)CCCCCCCCCCCCC)C1. The first-order valence-electron chi connectivity index (χ1n) is 34.6. The van der Waals surface area contributed by atoms with Gasteiger partial charge in [-0.25, -0.2) is 0 Å². The summed E-state index contributed by atoms with van der Waals surface area (Å²) in [6.07, 6.45) is 75.6. The van der Waals surface area contributed by atoms with Crippen LogP contribution in [0.5, 0.6) is 0 Å². The van der Waals surface area contributed by atoms with E-state index in [1.54, 1.807) is 0 Å². The molecule has 4 nitrogen and oxygen atoms in total. The van der Waals surface area contributed by atoms with Crippen molar-refractivity contribution in [3.05, 3.63) is 0 Å². The van der Waals surface area contributed by atoms with E-state index >= 15 is 0 Å². The molecular formula is C68H140N4. The molecule has 0 spiro atoms. The van der Waals surface area contributed by atoms with E-state index in [4.69, 9.17) is 0 Å². The van der Waals surface area contributed by atoms with Crippen LogP contribution in [0.4, 0.5) is 0 Å². The van der Waals surface area contributed by atoms with E-state index in [2.05, 4.69) is 54.2 Å². The van der Waals surface area contributed by atoms with Crippen LogP contribution in [0.25, 0.3) is 0 Å². The van der Waals surface area contributed by atoms with Crippen LogP contribution in [0, 0.1) is 0 Å². The van der Waals surface area contributed by atoms with Gasteiger partial charge in [-0.1, -0.05) is 336 Å². The average molecular weight is 1010 g/mol. The Balaban J connectivity index is 2.95. The normalized spacial score (nSPS) is 14.8. The summed E-state index contributed by atoms with van der Waals surface area (Å²) in [4.78, 5) is 12.0. The zero-order valence-electron chi connectivity index (χ0n) is 51.2. The van der Waals surface area contributed by atoms with Crippen LogP contribution < -0.4 is 0 Å². The molecular weight excluding hydrogens is 873 g/mol. The third-order valence-electron chi connectivity index (χ3n) is 17.3. The lowest BCUT2D eigenvalue weighted by molar-refractivity contribution is -0.0267. The molecule has 0 bridgehead atoms. The van der Waals surface area contributed by atoms with Crippen molar-refractivity contribution in [1.82, 2.24) is 19.6 Å². The van der Waals surface area contributed by atoms with Crippen molar-refractivity contribution in [1.29, 1.82) is 0 Å². The van der Waals surface area contributed by atoms with Gasteiger partial charge in [-0.15, -0.1) is 0 Å². The van der Waals surface area contributed by atoms with Gasteiger partial charge in [0.2, 0.25) is 0 Å². The highest BCUT2D eigenvalue weighted by Crippen LogP contribution is 2.22. The van der Waals surface area contributed by atoms with Crippen LogP contribution in [0.2, 0.25) is 0 Å². The van der Waals surface area contributed by atoms with Gasteiger partial charge in [0, 0.05) is 32.7 Å². The first kappa shape index (κ1) is 69.9. The fourth-order valence-electron chi connectivity index (χ4n) is 12.1. The lowest BCUT2D eigenvalue weighted by Gasteiger charge is -2.47. The zero-order valence-corrected chi connectivity index (χ0v) is 51.2.